The average molecular weight is 108 g/mol. The summed E-state index contributed by atoms with van der Waals surface area (Å²) in [5, 5.41) is 0. The molecule has 0 saturated heterocycles. The third-order valence-corrected chi connectivity index (χ3v) is 1.30. The maximum absolute atomic E-state index is 10.5. The van der Waals surface area contributed by atoms with Gasteiger partial charge in [0, 0.05) is 5.57 Å². The Morgan fingerprint density at radius 1 is 1.50 bits per heavy atom. The highest BCUT2D eigenvalue weighted by atomic mass is 16.1. The molecule has 0 radical (unpaired) electrons. The quantitative estimate of drug-likeness (QED) is 0.497. The Kier molecular flexibility index (Phi) is 1.05. The molecule has 1 aliphatic carbocycles. The summed E-state index contributed by atoms with van der Waals surface area (Å²) < 4.78 is 0. The van der Waals surface area contributed by atoms with E-state index in [2.05, 4.69) is 0 Å². The van der Waals surface area contributed by atoms with Crippen molar-refractivity contribution in [3.05, 3.63) is 23.3 Å². The van der Waals surface area contributed by atoms with Gasteiger partial charge in [0.1, 0.15) is 0 Å². The number of allylic oxidation sites excluding steroid dienone is 4. The molecule has 8 heavy (non-hydrogen) atoms. The number of hydrogen-bond donors (Lipinski definition) is 0. The molecule has 1 heteroatoms. The Morgan fingerprint density at radius 3 is 2.12 bits per heavy atom. The van der Waals surface area contributed by atoms with Crippen LogP contribution in [0.5, 0.6) is 0 Å². The first-order valence-corrected chi connectivity index (χ1v) is 2.61. The third kappa shape index (κ3) is 0.601. The van der Waals surface area contributed by atoms with Crippen LogP contribution in [0.4, 0.5) is 0 Å². The van der Waals surface area contributed by atoms with E-state index in [1.165, 1.54) is 0 Å². The van der Waals surface area contributed by atoms with E-state index in [-0.39, 0.29) is 5.78 Å². The van der Waals surface area contributed by atoms with E-state index in [1.54, 1.807) is 6.92 Å². The fourth-order valence-electron chi connectivity index (χ4n) is 0.728. The normalized spacial score (nSPS) is 16.2. The van der Waals surface area contributed by atoms with E-state index in [9.17, 15) is 4.79 Å². The summed E-state index contributed by atoms with van der Waals surface area (Å²) in [4.78, 5) is 10.5. The molecule has 0 aromatic heterocycles. The van der Waals surface area contributed by atoms with Crippen molar-refractivity contribution in [3.8, 4) is 0 Å². The number of carbonyl (C=O) groups is 1. The van der Waals surface area contributed by atoms with Crippen LogP contribution in [0.1, 0.15) is 13.8 Å². The molecule has 0 aromatic rings. The summed E-state index contributed by atoms with van der Waals surface area (Å²) in [5.74, 6) is 0.171. The average Bonchev–Trinajstić information content (AvgIpc) is 1.61. The van der Waals surface area contributed by atoms with Crippen molar-refractivity contribution in [2.75, 3.05) is 0 Å². The molecule has 0 aromatic carbocycles. The molecule has 0 unspecified atom stereocenters. The molecular formula is C7H8O. The van der Waals surface area contributed by atoms with Gasteiger partial charge in [-0.15, -0.1) is 0 Å². The highest BCUT2D eigenvalue weighted by Gasteiger charge is 2.08. The van der Waals surface area contributed by atoms with Gasteiger partial charge in [-0.1, -0.05) is 12.2 Å². The van der Waals surface area contributed by atoms with Crippen LogP contribution in [0.15, 0.2) is 23.3 Å². The van der Waals surface area contributed by atoms with Gasteiger partial charge in [0.15, 0.2) is 5.78 Å². The first-order valence-electron chi connectivity index (χ1n) is 2.61. The number of hydrogen-bond acceptors (Lipinski definition) is 1. The predicted octanol–water partition coefficient (Wildman–Crippen LogP) is 1.46. The van der Waals surface area contributed by atoms with E-state index in [1.807, 2.05) is 19.1 Å². The van der Waals surface area contributed by atoms with Gasteiger partial charge in [0.25, 0.3) is 0 Å². The minimum absolute atomic E-state index is 0.171. The van der Waals surface area contributed by atoms with E-state index in [4.69, 9.17) is 0 Å². The Bertz CT molecular complexity index is 185. The van der Waals surface area contributed by atoms with Crippen molar-refractivity contribution in [1.82, 2.24) is 0 Å². The lowest BCUT2D eigenvalue weighted by Gasteiger charge is -2.07. The first-order chi connectivity index (χ1) is 3.72. The molecule has 0 N–H and O–H groups in total. The first kappa shape index (κ1) is 5.29. The lowest BCUT2D eigenvalue weighted by molar-refractivity contribution is -0.113. The smallest absolute Gasteiger partial charge is 0.160 e. The molecule has 0 amide bonds. The van der Waals surface area contributed by atoms with E-state index < -0.39 is 0 Å². The summed E-state index contributed by atoms with van der Waals surface area (Å²) in [5.41, 5.74) is 1.99. The SMILES string of the molecule is CC(=O)C1=C(C)C=C1. The molecule has 42 valence electrons. The van der Waals surface area contributed by atoms with Crippen LogP contribution in [-0.2, 0) is 4.79 Å². The lowest BCUT2D eigenvalue weighted by atomic mass is 9.97. The van der Waals surface area contributed by atoms with Gasteiger partial charge < -0.3 is 0 Å². The van der Waals surface area contributed by atoms with Crippen LogP contribution in [0.2, 0.25) is 0 Å². The van der Waals surface area contributed by atoms with Crippen LogP contribution in [-0.4, -0.2) is 5.78 Å². The van der Waals surface area contributed by atoms with Crippen LogP contribution in [0.3, 0.4) is 0 Å². The highest BCUT2D eigenvalue weighted by Crippen LogP contribution is 2.17. The highest BCUT2D eigenvalue weighted by molar-refractivity contribution is 5.99. The van der Waals surface area contributed by atoms with Gasteiger partial charge in [-0.25, -0.2) is 0 Å². The minimum Gasteiger partial charge on any atom is -0.295 e. The molecule has 0 heterocycles. The fraction of sp³-hybridized carbons (Fsp3) is 0.286. The van der Waals surface area contributed by atoms with Gasteiger partial charge in [-0.05, 0) is 19.4 Å². The molecule has 0 bridgehead atoms. The summed E-state index contributed by atoms with van der Waals surface area (Å²) >= 11 is 0. The molecule has 0 atom stereocenters. The van der Waals surface area contributed by atoms with Crippen LogP contribution in [0.25, 0.3) is 0 Å². The summed E-state index contributed by atoms with van der Waals surface area (Å²) in [7, 11) is 0. The molecular weight excluding hydrogens is 100 g/mol. The van der Waals surface area contributed by atoms with Gasteiger partial charge in [0.05, 0.1) is 0 Å². The summed E-state index contributed by atoms with van der Waals surface area (Å²) in [6.45, 7) is 3.53. The molecule has 0 spiro atoms. The zero-order chi connectivity index (χ0) is 6.15. The molecule has 0 saturated carbocycles. The topological polar surface area (TPSA) is 17.1 Å². The Morgan fingerprint density at radius 2 is 2.12 bits per heavy atom. The molecule has 1 rings (SSSR count). The minimum atomic E-state index is 0.171. The molecule has 0 fully saturated rings. The van der Waals surface area contributed by atoms with Crippen LogP contribution >= 0.6 is 0 Å². The number of ketones is 1. The number of rotatable bonds is 1. The van der Waals surface area contributed by atoms with Crippen molar-refractivity contribution >= 4 is 5.78 Å². The second-order valence-corrected chi connectivity index (χ2v) is 1.99. The fourth-order valence-corrected chi connectivity index (χ4v) is 0.728. The Balaban J connectivity index is 2.76. The maximum Gasteiger partial charge on any atom is 0.160 e. The second-order valence-electron chi connectivity index (χ2n) is 1.99. The van der Waals surface area contributed by atoms with Crippen LogP contribution < -0.4 is 0 Å². The van der Waals surface area contributed by atoms with Gasteiger partial charge >= 0.3 is 0 Å². The maximum atomic E-state index is 10.5. The summed E-state index contributed by atoms with van der Waals surface area (Å²) in [6.07, 6.45) is 3.79. The van der Waals surface area contributed by atoms with Crippen molar-refractivity contribution in [2.45, 2.75) is 13.8 Å². The van der Waals surface area contributed by atoms with Crippen molar-refractivity contribution in [1.29, 1.82) is 0 Å². The van der Waals surface area contributed by atoms with E-state index in [0.717, 1.165) is 11.1 Å². The zero-order valence-corrected chi connectivity index (χ0v) is 5.06. The Labute approximate surface area is 48.7 Å². The zero-order valence-electron chi connectivity index (χ0n) is 5.06. The lowest BCUT2D eigenvalue weighted by Crippen LogP contribution is -2.01. The number of Topliss-reactive ketones (excluding diaryl/α,β-unsaturated/α-hetero) is 1. The van der Waals surface area contributed by atoms with Crippen LogP contribution in [0, 0.1) is 0 Å². The number of carbonyl (C=O) groups excluding carboxylic acids is 1. The summed E-state index contributed by atoms with van der Waals surface area (Å²) in [6, 6.07) is 0. The predicted molar refractivity (Wildman–Crippen MR) is 32.5 cm³/mol. The van der Waals surface area contributed by atoms with Crippen molar-refractivity contribution in [3.63, 3.8) is 0 Å². The monoisotopic (exact) mass is 108 g/mol. The standard InChI is InChI=1S/C7H8O/c1-5-3-4-7(5)6(2)8/h3-4H,1-2H3. The Hall–Kier alpha value is -0.850. The second kappa shape index (κ2) is 1.58. The van der Waals surface area contributed by atoms with Crippen molar-refractivity contribution < 1.29 is 4.79 Å². The van der Waals surface area contributed by atoms with E-state index >= 15 is 0 Å². The van der Waals surface area contributed by atoms with Gasteiger partial charge in [-0.2, -0.15) is 0 Å². The molecule has 1 nitrogen and oxygen atoms in total. The van der Waals surface area contributed by atoms with E-state index in [0.29, 0.717) is 0 Å². The van der Waals surface area contributed by atoms with Crippen molar-refractivity contribution in [2.24, 2.45) is 0 Å². The van der Waals surface area contributed by atoms with Gasteiger partial charge in [-0.3, -0.25) is 4.79 Å². The third-order valence-electron chi connectivity index (χ3n) is 1.30. The van der Waals surface area contributed by atoms with Gasteiger partial charge in [0.2, 0.25) is 0 Å². The largest absolute Gasteiger partial charge is 0.295 e. The molecule has 0 aliphatic heterocycles. The molecule has 1 aliphatic rings.